The molecule has 2 aromatic heterocycles. The zero-order valence-corrected chi connectivity index (χ0v) is 24.4. The first-order valence-electron chi connectivity index (χ1n) is 12.4. The number of amides is 3. The Morgan fingerprint density at radius 3 is 1.47 bits per heavy atom. The number of halogens is 11. The van der Waals surface area contributed by atoms with Crippen molar-refractivity contribution in [1.29, 1.82) is 0 Å². The molecule has 260 valence electrons. The molecule has 49 heavy (non-hydrogen) atoms. The van der Waals surface area contributed by atoms with Crippen LogP contribution >= 0.6 is 11.6 Å². The molecule has 10 nitrogen and oxygen atoms in total. The lowest BCUT2D eigenvalue weighted by Crippen LogP contribution is -2.18. The molecule has 0 atom stereocenters. The van der Waals surface area contributed by atoms with Gasteiger partial charge in [-0.3, -0.25) is 29.1 Å². The van der Waals surface area contributed by atoms with Gasteiger partial charge >= 0.3 is 12.4 Å². The van der Waals surface area contributed by atoms with Gasteiger partial charge in [-0.2, -0.15) is 26.3 Å². The summed E-state index contributed by atoms with van der Waals surface area (Å²) >= 11 is 4.82. The molecule has 21 heteroatoms. The Hall–Kier alpha value is -5.79. The molecule has 4 aromatic rings. The summed E-state index contributed by atoms with van der Waals surface area (Å²) in [5.41, 5.74) is 10.3. The van der Waals surface area contributed by atoms with E-state index in [1.165, 1.54) is 18.3 Å². The van der Waals surface area contributed by atoms with E-state index in [1.54, 1.807) is 6.07 Å². The van der Waals surface area contributed by atoms with Crippen LogP contribution < -0.4 is 22.5 Å². The molecule has 0 fully saturated rings. The number of aromatic nitrogens is 2. The third-order valence-electron chi connectivity index (χ3n) is 5.49. The van der Waals surface area contributed by atoms with Gasteiger partial charge in [0.25, 0.3) is 23.0 Å². The van der Waals surface area contributed by atoms with Crippen molar-refractivity contribution in [3.8, 4) is 0 Å². The van der Waals surface area contributed by atoms with E-state index >= 15 is 0 Å². The van der Waals surface area contributed by atoms with Gasteiger partial charge in [-0.15, -0.1) is 0 Å². The molecule has 0 saturated carbocycles. The normalized spacial score (nSPS) is 10.9. The molecule has 2 aromatic carbocycles. The Labute approximate surface area is 271 Å². The number of hydrogen-bond acceptors (Lipinski definition) is 7. The minimum atomic E-state index is -5.10. The second-order valence-corrected chi connectivity index (χ2v) is 9.32. The van der Waals surface area contributed by atoms with Crippen molar-refractivity contribution >= 4 is 45.9 Å². The van der Waals surface area contributed by atoms with Crippen molar-refractivity contribution in [1.82, 2.24) is 9.97 Å². The Morgan fingerprint density at radius 2 is 1.06 bits per heavy atom. The number of nitrogens with two attached hydrogens (primary N) is 3. The SMILES string of the molecule is NC(=O)c1cc(N)ccn1.NC(=O)c1cc(NC(=O)c2cc(F)c(C(F)(F)F)cc2F)ccn1.O=C(Cl)c1cc(F)c(C(F)(F)F)cc1F. The predicted molar refractivity (Wildman–Crippen MR) is 151 cm³/mol. The number of nitrogens with one attached hydrogen (secondary N) is 1. The van der Waals surface area contributed by atoms with E-state index in [4.69, 9.17) is 28.8 Å². The van der Waals surface area contributed by atoms with Crippen LogP contribution in [0.4, 0.5) is 55.3 Å². The number of rotatable bonds is 5. The van der Waals surface area contributed by atoms with E-state index in [1.807, 2.05) is 0 Å². The fourth-order valence-corrected chi connectivity index (χ4v) is 3.42. The summed E-state index contributed by atoms with van der Waals surface area (Å²) in [4.78, 5) is 51.1. The summed E-state index contributed by atoms with van der Waals surface area (Å²) in [6, 6.07) is 5.36. The van der Waals surface area contributed by atoms with Gasteiger partial charge in [-0.1, -0.05) is 0 Å². The molecule has 0 bridgehead atoms. The molecule has 4 rings (SSSR count). The summed E-state index contributed by atoms with van der Waals surface area (Å²) < 4.78 is 126. The molecular weight excluding hydrogens is 710 g/mol. The third kappa shape index (κ3) is 11.2. The predicted octanol–water partition coefficient (Wildman–Crippen LogP) is 5.86. The number of primary amides is 2. The van der Waals surface area contributed by atoms with Crippen LogP contribution in [0.1, 0.15) is 52.8 Å². The Morgan fingerprint density at radius 1 is 0.633 bits per heavy atom. The number of nitrogens with zero attached hydrogens (tertiary/aromatic N) is 2. The quantitative estimate of drug-likeness (QED) is 0.147. The van der Waals surface area contributed by atoms with Crippen LogP contribution in [0.2, 0.25) is 0 Å². The van der Waals surface area contributed by atoms with Crippen LogP contribution in [0.3, 0.4) is 0 Å². The van der Waals surface area contributed by atoms with Crippen LogP contribution in [0, 0.1) is 23.3 Å². The molecule has 0 aliphatic carbocycles. The lowest BCUT2D eigenvalue weighted by Gasteiger charge is -2.11. The number of alkyl halides is 6. The van der Waals surface area contributed by atoms with Crippen LogP contribution in [0.5, 0.6) is 0 Å². The van der Waals surface area contributed by atoms with Crippen molar-refractivity contribution in [2.24, 2.45) is 11.5 Å². The average molecular weight is 727 g/mol. The minimum absolute atomic E-state index is 0.0245. The zero-order chi connectivity index (χ0) is 37.4. The van der Waals surface area contributed by atoms with Gasteiger partial charge < -0.3 is 22.5 Å². The van der Waals surface area contributed by atoms with Gasteiger partial charge in [0, 0.05) is 23.8 Å². The first-order chi connectivity index (χ1) is 22.5. The van der Waals surface area contributed by atoms with Crippen molar-refractivity contribution in [3.63, 3.8) is 0 Å². The van der Waals surface area contributed by atoms with E-state index in [9.17, 15) is 63.1 Å². The van der Waals surface area contributed by atoms with Crippen molar-refractivity contribution < 1.29 is 63.1 Å². The van der Waals surface area contributed by atoms with Gasteiger partial charge in [-0.25, -0.2) is 17.6 Å². The maximum absolute atomic E-state index is 13.7. The summed E-state index contributed by atoms with van der Waals surface area (Å²) in [7, 11) is 0. The number of benzene rings is 2. The Kier molecular flexibility index (Phi) is 12.8. The fraction of sp³-hybridized carbons (Fsp3) is 0.0714. The van der Waals surface area contributed by atoms with Gasteiger partial charge in [0.2, 0.25) is 0 Å². The van der Waals surface area contributed by atoms with E-state index in [0.29, 0.717) is 5.69 Å². The smallest absolute Gasteiger partial charge is 0.399 e. The van der Waals surface area contributed by atoms with Gasteiger partial charge in [0.1, 0.15) is 34.7 Å². The molecule has 7 N–H and O–H groups in total. The van der Waals surface area contributed by atoms with Crippen LogP contribution in [-0.2, 0) is 12.4 Å². The molecule has 0 spiro atoms. The molecule has 0 aliphatic heterocycles. The minimum Gasteiger partial charge on any atom is -0.399 e. The summed E-state index contributed by atoms with van der Waals surface area (Å²) in [6.07, 6.45) is -7.55. The van der Waals surface area contributed by atoms with E-state index in [0.717, 1.165) is 12.3 Å². The van der Waals surface area contributed by atoms with Gasteiger partial charge in [-0.05, 0) is 60.1 Å². The average Bonchev–Trinajstić information content (AvgIpc) is 2.98. The second kappa shape index (κ2) is 15.9. The topological polar surface area (TPSA) is 184 Å². The van der Waals surface area contributed by atoms with Gasteiger partial charge in [0.05, 0.1) is 22.3 Å². The van der Waals surface area contributed by atoms with Gasteiger partial charge in [0.15, 0.2) is 0 Å². The number of hydrogen-bond donors (Lipinski definition) is 4. The lowest BCUT2D eigenvalue weighted by atomic mass is 10.1. The lowest BCUT2D eigenvalue weighted by molar-refractivity contribution is -0.141. The summed E-state index contributed by atoms with van der Waals surface area (Å²) in [5.74, 6) is -9.25. The maximum atomic E-state index is 13.7. The van der Waals surface area contributed by atoms with E-state index in [2.05, 4.69) is 15.3 Å². The number of pyridine rings is 2. The molecule has 0 saturated heterocycles. The Bertz CT molecular complexity index is 1910. The standard InChI is InChI=1S/C14H8F5N3O2.C8H2ClF5O.C6H7N3O/c15-9-5-8(14(17,18)19)10(16)4-7(9)13(24)22-6-1-2-21-11(3-6)12(20)23;9-7(15)3-1-6(11)4(2-5(3)10)8(12,13)14;7-4-1-2-9-5(3-4)6(8)10/h1-5H,(H2,20,23)(H,21,22,24);1-2H;1-3H,(H2,7,9)(H2,8,10). The summed E-state index contributed by atoms with van der Waals surface area (Å²) in [6.45, 7) is 0. The third-order valence-corrected chi connectivity index (χ3v) is 5.69. The molecule has 0 radical (unpaired) electrons. The highest BCUT2D eigenvalue weighted by Gasteiger charge is 2.36. The van der Waals surface area contributed by atoms with Crippen LogP contribution in [0.25, 0.3) is 0 Å². The molecule has 0 unspecified atom stereocenters. The van der Waals surface area contributed by atoms with Crippen LogP contribution in [-0.4, -0.2) is 32.9 Å². The number of nitrogen functional groups attached to an aromatic ring is 1. The first kappa shape index (κ1) is 39.4. The van der Waals surface area contributed by atoms with E-state index < -0.39 is 80.8 Å². The highest BCUT2D eigenvalue weighted by molar-refractivity contribution is 6.67. The first-order valence-corrected chi connectivity index (χ1v) is 12.8. The maximum Gasteiger partial charge on any atom is 0.419 e. The van der Waals surface area contributed by atoms with Crippen molar-refractivity contribution in [3.05, 3.63) is 118 Å². The molecule has 3 amide bonds. The van der Waals surface area contributed by atoms with Crippen LogP contribution in [0.15, 0.2) is 60.9 Å². The van der Waals surface area contributed by atoms with Crippen molar-refractivity contribution in [2.45, 2.75) is 12.4 Å². The largest absolute Gasteiger partial charge is 0.419 e. The van der Waals surface area contributed by atoms with E-state index in [-0.39, 0.29) is 41.3 Å². The Balaban J connectivity index is 0.000000283. The molecular formula is C28H17ClF10N6O4. The monoisotopic (exact) mass is 726 g/mol. The number of carbonyl (C=O) groups is 4. The highest BCUT2D eigenvalue weighted by atomic mass is 35.5. The highest BCUT2D eigenvalue weighted by Crippen LogP contribution is 2.34. The summed E-state index contributed by atoms with van der Waals surface area (Å²) in [5, 5.41) is 0.744. The number of carbonyl (C=O) groups excluding carboxylic acids is 4. The zero-order valence-electron chi connectivity index (χ0n) is 23.7. The van der Waals surface area contributed by atoms with Crippen molar-refractivity contribution in [2.75, 3.05) is 11.1 Å². The fourth-order valence-electron chi connectivity index (χ4n) is 3.28. The molecule has 0 aliphatic rings. The molecule has 2 heterocycles. The second-order valence-electron chi connectivity index (χ2n) is 8.98. The number of anilines is 2.